The Morgan fingerprint density at radius 3 is 1.93 bits per heavy atom. The van der Waals surface area contributed by atoms with Gasteiger partial charge in [-0.1, -0.05) is 26.2 Å². The Morgan fingerprint density at radius 1 is 0.926 bits per heavy atom. The molecule has 0 N–H and O–H groups in total. The molecule has 0 aromatic heterocycles. The first kappa shape index (κ1) is 20.2. The average molecular weight is 384 g/mol. The molecule has 0 bridgehead atoms. The van der Waals surface area contributed by atoms with Crippen LogP contribution in [0.5, 0.6) is 5.75 Å². The van der Waals surface area contributed by atoms with Crippen LogP contribution >= 0.6 is 0 Å². The van der Waals surface area contributed by atoms with Crippen LogP contribution in [0.4, 0.5) is 17.6 Å². The van der Waals surface area contributed by atoms with Crippen molar-refractivity contribution in [2.75, 3.05) is 0 Å². The lowest BCUT2D eigenvalue weighted by molar-refractivity contribution is 0.158. The van der Waals surface area contributed by atoms with Crippen LogP contribution in [0, 0.1) is 29.4 Å². The van der Waals surface area contributed by atoms with E-state index in [1.54, 1.807) is 0 Å². The molecule has 1 aromatic carbocycles. The van der Waals surface area contributed by atoms with Gasteiger partial charge >= 0.3 is 6.08 Å². The second-order valence-corrected chi connectivity index (χ2v) is 8.14. The largest absolute Gasteiger partial charge is 0.453 e. The van der Waals surface area contributed by atoms with E-state index in [1.807, 2.05) is 0 Å². The van der Waals surface area contributed by atoms with E-state index in [9.17, 15) is 17.6 Å². The molecule has 2 aliphatic rings. The molecule has 150 valence electrons. The van der Waals surface area contributed by atoms with Crippen LogP contribution < -0.4 is 4.74 Å². The van der Waals surface area contributed by atoms with Crippen LogP contribution in [0.1, 0.15) is 76.2 Å². The summed E-state index contributed by atoms with van der Waals surface area (Å²) in [6.45, 7) is 2.27. The molecule has 0 spiro atoms. The van der Waals surface area contributed by atoms with Crippen molar-refractivity contribution in [2.45, 2.75) is 70.6 Å². The molecule has 0 atom stereocenters. The molecular weight excluding hydrogens is 356 g/mol. The maximum absolute atomic E-state index is 14.1. The Balaban J connectivity index is 1.59. The maximum atomic E-state index is 14.1. The van der Waals surface area contributed by atoms with Gasteiger partial charge in [-0.25, -0.2) is 8.78 Å². The zero-order chi connectivity index (χ0) is 19.4. The second-order valence-electron chi connectivity index (χ2n) is 8.14. The van der Waals surface area contributed by atoms with Crippen molar-refractivity contribution in [3.05, 3.63) is 41.7 Å². The van der Waals surface area contributed by atoms with Crippen LogP contribution in [0.25, 0.3) is 0 Å². The molecule has 1 nitrogen and oxygen atoms in total. The molecule has 0 radical (unpaired) electrons. The van der Waals surface area contributed by atoms with Crippen molar-refractivity contribution in [3.8, 4) is 5.75 Å². The summed E-state index contributed by atoms with van der Waals surface area (Å²) < 4.78 is 56.8. The van der Waals surface area contributed by atoms with Crippen molar-refractivity contribution >= 4 is 0 Å². The molecule has 0 saturated heterocycles. The minimum atomic E-state index is -2.14. The summed E-state index contributed by atoms with van der Waals surface area (Å²) in [6.07, 6.45) is 8.58. The second kappa shape index (κ2) is 9.11. The smallest absolute Gasteiger partial charge is 0.305 e. The first-order chi connectivity index (χ1) is 13.0. The molecule has 0 unspecified atom stereocenters. The molecule has 5 heteroatoms. The van der Waals surface area contributed by atoms with Gasteiger partial charge in [-0.2, -0.15) is 8.78 Å². The van der Waals surface area contributed by atoms with Gasteiger partial charge in [0.05, 0.1) is 0 Å². The van der Waals surface area contributed by atoms with Gasteiger partial charge in [0.15, 0.2) is 23.6 Å². The number of halogens is 4. The topological polar surface area (TPSA) is 9.23 Å². The molecule has 0 aliphatic heterocycles. The molecule has 2 saturated carbocycles. The van der Waals surface area contributed by atoms with Crippen molar-refractivity contribution in [3.63, 3.8) is 0 Å². The number of hydrogen-bond acceptors (Lipinski definition) is 1. The Morgan fingerprint density at radius 2 is 1.44 bits per heavy atom. The zero-order valence-corrected chi connectivity index (χ0v) is 15.8. The summed E-state index contributed by atoms with van der Waals surface area (Å²) in [5.74, 6) is -0.0722. The first-order valence-electron chi connectivity index (χ1n) is 10.1. The average Bonchev–Trinajstić information content (AvgIpc) is 2.67. The van der Waals surface area contributed by atoms with Gasteiger partial charge in [-0.15, -0.1) is 0 Å². The normalized spacial score (nSPS) is 28.6. The molecule has 2 fully saturated rings. The van der Waals surface area contributed by atoms with Crippen molar-refractivity contribution in [2.24, 2.45) is 17.8 Å². The van der Waals surface area contributed by atoms with Gasteiger partial charge in [-0.05, 0) is 79.9 Å². The van der Waals surface area contributed by atoms with Crippen LogP contribution in [0.15, 0.2) is 24.5 Å². The molecular formula is C22H28F4O. The van der Waals surface area contributed by atoms with Gasteiger partial charge in [0.2, 0.25) is 0 Å². The fourth-order valence-corrected chi connectivity index (χ4v) is 5.02. The highest BCUT2D eigenvalue weighted by Crippen LogP contribution is 2.44. The van der Waals surface area contributed by atoms with Crippen LogP contribution in [0.3, 0.4) is 0 Å². The summed E-state index contributed by atoms with van der Waals surface area (Å²) in [6, 6.07) is 2.47. The molecule has 2 aliphatic carbocycles. The van der Waals surface area contributed by atoms with E-state index in [4.69, 9.17) is 0 Å². The minimum Gasteiger partial charge on any atom is -0.453 e. The molecule has 1 aromatic rings. The zero-order valence-electron chi connectivity index (χ0n) is 15.8. The Labute approximate surface area is 158 Å². The number of benzene rings is 1. The SMILES string of the molecule is CCC1CCC(C2CCC(c3cc(F)c(OC=C(F)F)c(F)c3)CC2)CC1. The highest BCUT2D eigenvalue weighted by Gasteiger charge is 2.31. The van der Waals surface area contributed by atoms with Crippen LogP contribution in [-0.4, -0.2) is 0 Å². The Kier molecular flexibility index (Phi) is 6.83. The van der Waals surface area contributed by atoms with Crippen molar-refractivity contribution < 1.29 is 22.3 Å². The highest BCUT2D eigenvalue weighted by atomic mass is 19.3. The van der Waals surface area contributed by atoms with Crippen LogP contribution in [0.2, 0.25) is 0 Å². The standard InChI is InChI=1S/C22H28F4O/c1-2-14-3-5-15(6-4-14)16-7-9-17(10-8-16)18-11-19(23)22(20(24)12-18)27-13-21(25)26/h11-17H,2-10H2,1H3. The van der Waals surface area contributed by atoms with E-state index in [-0.39, 0.29) is 12.2 Å². The van der Waals surface area contributed by atoms with Gasteiger partial charge in [-0.3, -0.25) is 0 Å². The quantitative estimate of drug-likeness (QED) is 0.376. The molecule has 0 heterocycles. The van der Waals surface area contributed by atoms with Gasteiger partial charge in [0.1, 0.15) is 0 Å². The monoisotopic (exact) mass is 384 g/mol. The predicted octanol–water partition coefficient (Wildman–Crippen LogP) is 7.57. The number of rotatable bonds is 5. The lowest BCUT2D eigenvalue weighted by atomic mass is 9.68. The highest BCUT2D eigenvalue weighted by molar-refractivity contribution is 5.34. The summed E-state index contributed by atoms with van der Waals surface area (Å²) >= 11 is 0. The van der Waals surface area contributed by atoms with Gasteiger partial charge < -0.3 is 4.74 Å². The maximum Gasteiger partial charge on any atom is 0.305 e. The predicted molar refractivity (Wildman–Crippen MR) is 97.7 cm³/mol. The van der Waals surface area contributed by atoms with E-state index in [0.29, 0.717) is 5.56 Å². The first-order valence-corrected chi connectivity index (χ1v) is 10.1. The summed E-state index contributed by atoms with van der Waals surface area (Å²) in [5, 5.41) is 0. The third kappa shape index (κ3) is 5.05. The fraction of sp³-hybridized carbons (Fsp3) is 0.636. The fourth-order valence-electron chi connectivity index (χ4n) is 5.02. The lowest BCUT2D eigenvalue weighted by Crippen LogP contribution is -2.25. The van der Waals surface area contributed by atoms with E-state index >= 15 is 0 Å². The number of hydrogen-bond donors (Lipinski definition) is 0. The molecule has 27 heavy (non-hydrogen) atoms. The summed E-state index contributed by atoms with van der Waals surface area (Å²) in [5.41, 5.74) is 0.607. The number of ether oxygens (including phenoxy) is 1. The Bertz CT molecular complexity index is 629. The molecule has 0 amide bonds. The van der Waals surface area contributed by atoms with E-state index in [2.05, 4.69) is 11.7 Å². The third-order valence-electron chi connectivity index (χ3n) is 6.67. The lowest BCUT2D eigenvalue weighted by Gasteiger charge is -2.38. The summed E-state index contributed by atoms with van der Waals surface area (Å²) in [7, 11) is 0. The molecule has 3 rings (SSSR count). The van der Waals surface area contributed by atoms with Crippen molar-refractivity contribution in [1.29, 1.82) is 0 Å². The van der Waals surface area contributed by atoms with Gasteiger partial charge in [0.25, 0.3) is 0 Å². The van der Waals surface area contributed by atoms with Crippen molar-refractivity contribution in [1.82, 2.24) is 0 Å². The van der Waals surface area contributed by atoms with E-state index in [1.165, 1.54) is 44.2 Å². The van der Waals surface area contributed by atoms with Crippen LogP contribution in [-0.2, 0) is 0 Å². The minimum absolute atomic E-state index is 0.0552. The summed E-state index contributed by atoms with van der Waals surface area (Å²) in [4.78, 5) is 0. The van der Waals surface area contributed by atoms with E-state index < -0.39 is 23.5 Å². The Hall–Kier alpha value is -1.52. The van der Waals surface area contributed by atoms with Gasteiger partial charge in [0, 0.05) is 0 Å². The van der Waals surface area contributed by atoms with E-state index in [0.717, 1.165) is 43.4 Å². The third-order valence-corrected chi connectivity index (χ3v) is 6.67.